The highest BCUT2D eigenvalue weighted by atomic mass is 35.5. The van der Waals surface area contributed by atoms with Crippen LogP contribution in [-0.2, 0) is 16.6 Å². The number of sulfonamides is 1. The van der Waals surface area contributed by atoms with Crippen LogP contribution in [-0.4, -0.2) is 30.0 Å². The molecule has 0 bridgehead atoms. The van der Waals surface area contributed by atoms with E-state index in [-0.39, 0.29) is 17.4 Å². The standard InChI is InChI=1S/C31H23ClF2N4O5S2/c1-17-10-22(41-3)7-4-20(17)15-38(31-35-16-36-44-31)45(39,40)30-14-25(33)29(13-26(30)34)42-27-9-6-21(32)12-24(27)19-5-8-28-23(11-19)18(2)37-43-28/h4-14,16H,15H2,1-3H3. The molecule has 0 atom stereocenters. The van der Waals surface area contributed by atoms with E-state index in [1.165, 1.54) is 25.6 Å². The number of nitrogens with zero attached hydrogens (tertiary/aromatic N) is 4. The molecule has 45 heavy (non-hydrogen) atoms. The lowest BCUT2D eigenvalue weighted by atomic mass is 10.0. The van der Waals surface area contributed by atoms with Gasteiger partial charge in [-0.15, -0.1) is 0 Å². The molecule has 6 rings (SSSR count). The molecule has 14 heteroatoms. The lowest BCUT2D eigenvalue weighted by Crippen LogP contribution is -2.31. The fourth-order valence-corrected chi connectivity index (χ4v) is 7.09. The minimum Gasteiger partial charge on any atom is -0.497 e. The predicted octanol–water partition coefficient (Wildman–Crippen LogP) is 8.09. The lowest BCUT2D eigenvalue weighted by molar-refractivity contribution is 0.414. The predicted molar refractivity (Wildman–Crippen MR) is 167 cm³/mol. The van der Waals surface area contributed by atoms with Crippen LogP contribution in [0, 0.1) is 25.5 Å². The quantitative estimate of drug-likeness (QED) is 0.152. The molecule has 0 N–H and O–H groups in total. The number of anilines is 1. The third kappa shape index (κ3) is 5.93. The summed E-state index contributed by atoms with van der Waals surface area (Å²) in [6.45, 7) is 3.37. The fraction of sp³-hybridized carbons (Fsp3) is 0.129. The van der Waals surface area contributed by atoms with E-state index in [1.54, 1.807) is 50.2 Å². The second-order valence-electron chi connectivity index (χ2n) is 9.96. The van der Waals surface area contributed by atoms with Gasteiger partial charge >= 0.3 is 0 Å². The molecule has 0 saturated carbocycles. The number of rotatable bonds is 9. The van der Waals surface area contributed by atoms with Gasteiger partial charge in [0.2, 0.25) is 5.13 Å². The normalized spacial score (nSPS) is 11.6. The zero-order chi connectivity index (χ0) is 31.9. The molecule has 2 heterocycles. The number of hydrogen-bond acceptors (Lipinski definition) is 9. The molecule has 0 saturated heterocycles. The highest BCUT2D eigenvalue weighted by molar-refractivity contribution is 7.93. The van der Waals surface area contributed by atoms with Gasteiger partial charge in [0.1, 0.15) is 28.5 Å². The van der Waals surface area contributed by atoms with Crippen LogP contribution in [0.2, 0.25) is 5.02 Å². The van der Waals surface area contributed by atoms with Gasteiger partial charge in [-0.05, 0) is 73.0 Å². The van der Waals surface area contributed by atoms with Gasteiger partial charge in [-0.25, -0.2) is 26.5 Å². The van der Waals surface area contributed by atoms with E-state index in [0.29, 0.717) is 50.9 Å². The Hall–Kier alpha value is -4.59. The van der Waals surface area contributed by atoms with Crippen molar-refractivity contribution in [2.45, 2.75) is 25.3 Å². The van der Waals surface area contributed by atoms with E-state index in [0.717, 1.165) is 26.8 Å². The molecule has 0 aliphatic rings. The molecule has 230 valence electrons. The van der Waals surface area contributed by atoms with Gasteiger partial charge in [0.05, 0.1) is 19.3 Å². The first-order valence-corrected chi connectivity index (χ1v) is 15.9. The molecule has 0 amide bonds. The third-order valence-corrected chi connectivity index (χ3v) is 9.89. The molecular weight excluding hydrogens is 646 g/mol. The summed E-state index contributed by atoms with van der Waals surface area (Å²) in [5.41, 5.74) is 3.73. The van der Waals surface area contributed by atoms with Gasteiger partial charge in [-0.3, -0.25) is 0 Å². The summed E-state index contributed by atoms with van der Waals surface area (Å²) in [6, 6.07) is 16.4. The Labute approximate surface area is 265 Å². The Bertz CT molecular complexity index is 2160. The van der Waals surface area contributed by atoms with Crippen LogP contribution in [0.15, 0.2) is 82.5 Å². The van der Waals surface area contributed by atoms with E-state index in [2.05, 4.69) is 14.5 Å². The van der Waals surface area contributed by atoms with Gasteiger partial charge in [-0.1, -0.05) is 28.9 Å². The number of hydrogen-bond donors (Lipinski definition) is 0. The smallest absolute Gasteiger partial charge is 0.269 e. The van der Waals surface area contributed by atoms with E-state index < -0.39 is 32.3 Å². The number of fused-ring (bicyclic) bond motifs is 1. The molecule has 0 fully saturated rings. The van der Waals surface area contributed by atoms with Crippen LogP contribution in [0.4, 0.5) is 13.9 Å². The van der Waals surface area contributed by atoms with Crippen molar-refractivity contribution < 1.29 is 31.2 Å². The second kappa shape index (κ2) is 12.1. The number of aromatic nitrogens is 3. The van der Waals surface area contributed by atoms with Gasteiger partial charge in [0.15, 0.2) is 17.1 Å². The van der Waals surface area contributed by atoms with Crippen LogP contribution in [0.3, 0.4) is 0 Å². The van der Waals surface area contributed by atoms with Gasteiger partial charge < -0.3 is 14.0 Å². The summed E-state index contributed by atoms with van der Waals surface area (Å²) in [4.78, 5) is 3.14. The Morgan fingerprint density at radius 1 is 0.978 bits per heavy atom. The summed E-state index contributed by atoms with van der Waals surface area (Å²) in [5, 5.41) is 5.09. The van der Waals surface area contributed by atoms with Crippen LogP contribution in [0.5, 0.6) is 17.2 Å². The molecule has 0 aliphatic carbocycles. The van der Waals surface area contributed by atoms with Crippen molar-refractivity contribution >= 4 is 49.3 Å². The van der Waals surface area contributed by atoms with Crippen LogP contribution >= 0.6 is 23.1 Å². The summed E-state index contributed by atoms with van der Waals surface area (Å²) in [5.74, 6) is -2.09. The molecule has 0 unspecified atom stereocenters. The topological polar surface area (TPSA) is 108 Å². The second-order valence-corrected chi connectivity index (χ2v) is 13.0. The highest BCUT2D eigenvalue weighted by Gasteiger charge is 2.32. The molecule has 0 radical (unpaired) electrons. The minimum absolute atomic E-state index is 0.0174. The zero-order valence-electron chi connectivity index (χ0n) is 23.9. The maximum Gasteiger partial charge on any atom is 0.269 e. The third-order valence-electron chi connectivity index (χ3n) is 7.10. The Balaban J connectivity index is 1.36. The average Bonchev–Trinajstić information content (AvgIpc) is 3.68. The first-order valence-electron chi connectivity index (χ1n) is 13.3. The molecule has 0 spiro atoms. The molecule has 9 nitrogen and oxygen atoms in total. The monoisotopic (exact) mass is 668 g/mol. The van der Waals surface area contributed by atoms with E-state index in [1.807, 2.05) is 6.07 Å². The van der Waals surface area contributed by atoms with Crippen molar-refractivity contribution in [3.8, 4) is 28.4 Å². The number of methoxy groups -OCH3 is 1. The summed E-state index contributed by atoms with van der Waals surface area (Å²) < 4.78 is 80.1. The van der Waals surface area contributed by atoms with Crippen LogP contribution < -0.4 is 13.8 Å². The van der Waals surface area contributed by atoms with Crippen molar-refractivity contribution in [3.05, 3.63) is 107 Å². The highest BCUT2D eigenvalue weighted by Crippen LogP contribution is 2.39. The Morgan fingerprint density at radius 2 is 1.80 bits per heavy atom. The fourth-order valence-electron chi connectivity index (χ4n) is 4.73. The largest absolute Gasteiger partial charge is 0.497 e. The lowest BCUT2D eigenvalue weighted by Gasteiger charge is -2.23. The summed E-state index contributed by atoms with van der Waals surface area (Å²) in [7, 11) is -3.15. The Morgan fingerprint density at radius 3 is 2.53 bits per heavy atom. The molecule has 2 aromatic heterocycles. The average molecular weight is 669 g/mol. The molecule has 6 aromatic rings. The molecule has 4 aromatic carbocycles. The van der Waals surface area contributed by atoms with Gasteiger partial charge in [-0.2, -0.15) is 4.37 Å². The molecule has 0 aliphatic heterocycles. The molecular formula is C31H23ClF2N4O5S2. The van der Waals surface area contributed by atoms with Gasteiger partial charge in [0, 0.05) is 39.6 Å². The number of aryl methyl sites for hydroxylation is 2. The minimum atomic E-state index is -4.67. The van der Waals surface area contributed by atoms with E-state index in [9.17, 15) is 8.42 Å². The van der Waals surface area contributed by atoms with E-state index >= 15 is 8.78 Å². The summed E-state index contributed by atoms with van der Waals surface area (Å²) in [6.07, 6.45) is 1.18. The maximum absolute atomic E-state index is 15.7. The number of benzene rings is 4. The van der Waals surface area contributed by atoms with Crippen molar-refractivity contribution in [3.63, 3.8) is 0 Å². The summed E-state index contributed by atoms with van der Waals surface area (Å²) >= 11 is 7.08. The zero-order valence-corrected chi connectivity index (χ0v) is 26.3. The maximum atomic E-state index is 15.7. The number of halogens is 3. The van der Waals surface area contributed by atoms with Crippen molar-refractivity contribution in [1.29, 1.82) is 0 Å². The first kappa shape index (κ1) is 30.4. The van der Waals surface area contributed by atoms with Crippen LogP contribution in [0.1, 0.15) is 16.8 Å². The SMILES string of the molecule is COc1ccc(CN(c2ncns2)S(=O)(=O)c2cc(F)c(Oc3ccc(Cl)cc3-c3ccc4onc(C)c4c3)cc2F)c(C)c1. The Kier molecular flexibility index (Phi) is 8.16. The van der Waals surface area contributed by atoms with Crippen molar-refractivity contribution in [1.82, 2.24) is 14.5 Å². The van der Waals surface area contributed by atoms with Crippen molar-refractivity contribution in [2.75, 3.05) is 11.4 Å². The van der Waals surface area contributed by atoms with Gasteiger partial charge in [0.25, 0.3) is 10.0 Å². The first-order chi connectivity index (χ1) is 21.5. The van der Waals surface area contributed by atoms with Crippen LogP contribution in [0.25, 0.3) is 22.1 Å². The number of ether oxygens (including phenoxy) is 2. The van der Waals surface area contributed by atoms with E-state index in [4.69, 9.17) is 25.6 Å². The van der Waals surface area contributed by atoms with Crippen molar-refractivity contribution in [2.24, 2.45) is 0 Å².